The van der Waals surface area contributed by atoms with E-state index in [-0.39, 0.29) is 23.2 Å². The van der Waals surface area contributed by atoms with Gasteiger partial charge >= 0.3 is 0 Å². The number of nitrogens with one attached hydrogen (secondary N) is 2. The Bertz CT molecular complexity index is 480. The average molecular weight is 297 g/mol. The normalized spacial score (nSPS) is 21.8. The fourth-order valence-corrected chi connectivity index (χ4v) is 2.70. The van der Waals surface area contributed by atoms with Crippen molar-refractivity contribution in [3.63, 3.8) is 0 Å². The van der Waals surface area contributed by atoms with Crippen molar-refractivity contribution in [1.82, 2.24) is 15.3 Å². The van der Waals surface area contributed by atoms with Gasteiger partial charge in [-0.25, -0.2) is 9.97 Å². The molecule has 1 fully saturated rings. The van der Waals surface area contributed by atoms with E-state index in [1.54, 1.807) is 6.20 Å². The molecule has 6 heteroatoms. The van der Waals surface area contributed by atoms with Gasteiger partial charge in [0, 0.05) is 24.3 Å². The van der Waals surface area contributed by atoms with Crippen molar-refractivity contribution in [1.29, 1.82) is 0 Å². The van der Waals surface area contributed by atoms with Crippen LogP contribution in [0.25, 0.3) is 0 Å². The Labute approximate surface area is 124 Å². The Kier molecular flexibility index (Phi) is 5.17. The lowest BCUT2D eigenvalue weighted by Crippen LogP contribution is -2.38. The Morgan fingerprint density at radius 1 is 1.50 bits per heavy atom. The second-order valence-electron chi connectivity index (χ2n) is 5.25. The van der Waals surface area contributed by atoms with Crippen molar-refractivity contribution in [3.8, 4) is 0 Å². The summed E-state index contributed by atoms with van der Waals surface area (Å²) in [5.74, 6) is 0.875. The number of aryl methyl sites for hydroxylation is 1. The highest BCUT2D eigenvalue weighted by molar-refractivity contribution is 6.28. The van der Waals surface area contributed by atoms with Crippen LogP contribution in [0.4, 0.5) is 5.82 Å². The molecular formula is C14H21ClN4O. The summed E-state index contributed by atoms with van der Waals surface area (Å²) in [6, 6.07) is 0.122. The minimum atomic E-state index is 0.00897. The van der Waals surface area contributed by atoms with Gasteiger partial charge in [0.05, 0.1) is 5.92 Å². The predicted molar refractivity (Wildman–Crippen MR) is 79.8 cm³/mol. The molecular weight excluding hydrogens is 276 g/mol. The van der Waals surface area contributed by atoms with Crippen LogP contribution in [0, 0.1) is 12.8 Å². The molecule has 1 amide bonds. The van der Waals surface area contributed by atoms with Crippen LogP contribution >= 0.6 is 11.6 Å². The highest BCUT2D eigenvalue weighted by Crippen LogP contribution is 2.29. The molecule has 1 heterocycles. The molecule has 0 spiro atoms. The van der Waals surface area contributed by atoms with Crippen molar-refractivity contribution in [3.05, 3.63) is 17.0 Å². The van der Waals surface area contributed by atoms with Crippen LogP contribution in [0.5, 0.6) is 0 Å². The molecule has 1 aliphatic carbocycles. The number of anilines is 1. The number of rotatable bonds is 5. The van der Waals surface area contributed by atoms with Crippen LogP contribution in [-0.4, -0.2) is 28.5 Å². The second kappa shape index (κ2) is 6.88. The number of carbonyl (C=O) groups excluding carboxylic acids is 1. The third-order valence-corrected chi connectivity index (χ3v) is 3.85. The third-order valence-electron chi connectivity index (χ3n) is 3.67. The summed E-state index contributed by atoms with van der Waals surface area (Å²) in [5, 5.41) is 6.56. The van der Waals surface area contributed by atoms with Crippen molar-refractivity contribution < 1.29 is 4.79 Å². The summed E-state index contributed by atoms with van der Waals surface area (Å²) >= 11 is 5.83. The number of amides is 1. The van der Waals surface area contributed by atoms with E-state index in [0.717, 1.165) is 43.6 Å². The number of nitrogens with zero attached hydrogens (tertiary/aromatic N) is 2. The van der Waals surface area contributed by atoms with Gasteiger partial charge in [-0.3, -0.25) is 4.79 Å². The van der Waals surface area contributed by atoms with Crippen molar-refractivity contribution in [2.45, 2.75) is 45.6 Å². The molecule has 5 nitrogen and oxygen atoms in total. The first kappa shape index (κ1) is 15.0. The van der Waals surface area contributed by atoms with E-state index in [0.29, 0.717) is 0 Å². The Morgan fingerprint density at radius 3 is 3.05 bits per heavy atom. The molecule has 1 aliphatic rings. The molecule has 2 atom stereocenters. The van der Waals surface area contributed by atoms with E-state index in [9.17, 15) is 4.79 Å². The molecule has 0 saturated heterocycles. The minimum absolute atomic E-state index is 0.00897. The van der Waals surface area contributed by atoms with Crippen LogP contribution in [0.15, 0.2) is 6.20 Å². The monoisotopic (exact) mass is 296 g/mol. The Balaban J connectivity index is 2.04. The molecule has 1 aromatic rings. The number of hydrogen-bond donors (Lipinski definition) is 2. The lowest BCUT2D eigenvalue weighted by Gasteiger charge is -2.21. The zero-order chi connectivity index (χ0) is 14.5. The smallest absolute Gasteiger partial charge is 0.225 e. The van der Waals surface area contributed by atoms with Gasteiger partial charge in [0.2, 0.25) is 11.2 Å². The maximum atomic E-state index is 12.1. The maximum Gasteiger partial charge on any atom is 0.225 e. The van der Waals surface area contributed by atoms with E-state index in [2.05, 4.69) is 27.5 Å². The lowest BCUT2D eigenvalue weighted by atomic mass is 10.0. The first-order valence-corrected chi connectivity index (χ1v) is 7.53. The fraction of sp³-hybridized carbons (Fsp3) is 0.643. The van der Waals surface area contributed by atoms with Gasteiger partial charge in [-0.1, -0.05) is 13.3 Å². The van der Waals surface area contributed by atoms with Gasteiger partial charge in [-0.05, 0) is 37.8 Å². The molecule has 110 valence electrons. The first-order valence-electron chi connectivity index (χ1n) is 7.15. The van der Waals surface area contributed by atoms with E-state index >= 15 is 0 Å². The van der Waals surface area contributed by atoms with Crippen molar-refractivity contribution >= 4 is 23.3 Å². The highest BCUT2D eigenvalue weighted by atomic mass is 35.5. The van der Waals surface area contributed by atoms with E-state index in [4.69, 9.17) is 11.6 Å². The summed E-state index contributed by atoms with van der Waals surface area (Å²) in [4.78, 5) is 20.3. The quantitative estimate of drug-likeness (QED) is 0.820. The van der Waals surface area contributed by atoms with Crippen LogP contribution in [0.3, 0.4) is 0 Å². The van der Waals surface area contributed by atoms with E-state index in [1.165, 1.54) is 0 Å². The molecule has 2 rings (SSSR count). The third kappa shape index (κ3) is 3.60. The molecule has 0 aromatic carbocycles. The number of carbonyl (C=O) groups is 1. The van der Waals surface area contributed by atoms with Gasteiger partial charge in [0.15, 0.2) is 0 Å². The van der Waals surface area contributed by atoms with Crippen molar-refractivity contribution in [2.24, 2.45) is 5.92 Å². The maximum absolute atomic E-state index is 12.1. The molecule has 0 unspecified atom stereocenters. The number of hydrogen-bond acceptors (Lipinski definition) is 4. The summed E-state index contributed by atoms with van der Waals surface area (Å²) in [7, 11) is 0. The van der Waals surface area contributed by atoms with Crippen LogP contribution in [0.2, 0.25) is 5.28 Å². The van der Waals surface area contributed by atoms with Gasteiger partial charge in [0.1, 0.15) is 5.82 Å². The predicted octanol–water partition coefficient (Wildman–Crippen LogP) is 2.55. The molecule has 1 aromatic heterocycles. The second-order valence-corrected chi connectivity index (χ2v) is 5.59. The van der Waals surface area contributed by atoms with E-state index < -0.39 is 0 Å². The van der Waals surface area contributed by atoms with Crippen LogP contribution < -0.4 is 10.6 Å². The summed E-state index contributed by atoms with van der Waals surface area (Å²) in [6.45, 7) is 4.72. The zero-order valence-electron chi connectivity index (χ0n) is 11.9. The number of halogens is 1. The first-order chi connectivity index (χ1) is 9.61. The summed E-state index contributed by atoms with van der Waals surface area (Å²) < 4.78 is 0. The molecule has 0 radical (unpaired) electrons. The Morgan fingerprint density at radius 2 is 2.30 bits per heavy atom. The van der Waals surface area contributed by atoms with Gasteiger partial charge < -0.3 is 10.6 Å². The fourth-order valence-electron chi connectivity index (χ4n) is 2.57. The average Bonchev–Trinajstić information content (AvgIpc) is 2.88. The molecule has 2 N–H and O–H groups in total. The van der Waals surface area contributed by atoms with E-state index in [1.807, 2.05) is 6.92 Å². The lowest BCUT2D eigenvalue weighted by molar-refractivity contribution is -0.124. The zero-order valence-corrected chi connectivity index (χ0v) is 12.7. The standard InChI is InChI=1S/C14H21ClN4O/c1-3-7-16-13(20)10-5-4-6-11(10)18-12-9(2)8-17-14(15)19-12/h8,10-11H,3-7H2,1-2H3,(H,16,20)(H,17,18,19)/t10-,11+/m0/s1. The molecule has 20 heavy (non-hydrogen) atoms. The largest absolute Gasteiger partial charge is 0.366 e. The SMILES string of the molecule is CCCNC(=O)[C@H]1CCC[C@H]1Nc1nc(Cl)ncc1C. The molecule has 0 bridgehead atoms. The van der Waals surface area contributed by atoms with Crippen LogP contribution in [-0.2, 0) is 4.79 Å². The Hall–Kier alpha value is -1.36. The van der Waals surface area contributed by atoms with Gasteiger partial charge in [0.25, 0.3) is 0 Å². The van der Waals surface area contributed by atoms with Gasteiger partial charge in [-0.2, -0.15) is 0 Å². The summed E-state index contributed by atoms with van der Waals surface area (Å²) in [6.07, 6.45) is 5.60. The number of aromatic nitrogens is 2. The highest BCUT2D eigenvalue weighted by Gasteiger charge is 2.33. The molecule has 0 aliphatic heterocycles. The van der Waals surface area contributed by atoms with Crippen molar-refractivity contribution in [2.75, 3.05) is 11.9 Å². The van der Waals surface area contributed by atoms with Gasteiger partial charge in [-0.15, -0.1) is 0 Å². The minimum Gasteiger partial charge on any atom is -0.366 e. The molecule has 1 saturated carbocycles. The summed E-state index contributed by atoms with van der Waals surface area (Å²) in [5.41, 5.74) is 0.939. The van der Waals surface area contributed by atoms with Crippen LogP contribution in [0.1, 0.15) is 38.2 Å². The topological polar surface area (TPSA) is 66.9 Å².